The van der Waals surface area contributed by atoms with Gasteiger partial charge in [-0.3, -0.25) is 28.6 Å². The molecule has 7 rings (SSSR count). The molecule has 428 valence electrons. The molecule has 5 aromatic carbocycles. The monoisotopic (exact) mass is 1130 g/mol. The van der Waals surface area contributed by atoms with E-state index >= 15 is 0 Å². The largest absolute Gasteiger partial charge is 0.478 e. The first-order valence-corrected chi connectivity index (χ1v) is 27.7. The number of amides is 3. The van der Waals surface area contributed by atoms with Gasteiger partial charge in [0.15, 0.2) is 6.29 Å². The fourth-order valence-corrected chi connectivity index (χ4v) is 10.5. The van der Waals surface area contributed by atoms with E-state index in [0.717, 1.165) is 23.8 Å². The lowest BCUT2D eigenvalue weighted by molar-refractivity contribution is -0.280. The second-order valence-corrected chi connectivity index (χ2v) is 21.1. The van der Waals surface area contributed by atoms with Crippen LogP contribution in [0.15, 0.2) is 146 Å². The van der Waals surface area contributed by atoms with Crippen LogP contribution in [0.3, 0.4) is 0 Å². The van der Waals surface area contributed by atoms with Crippen molar-refractivity contribution in [2.45, 2.75) is 108 Å². The summed E-state index contributed by atoms with van der Waals surface area (Å²) in [6.45, 7) is 1.71. The lowest BCUT2D eigenvalue weighted by Crippen LogP contribution is -2.75. The van der Waals surface area contributed by atoms with Crippen molar-refractivity contribution in [2.75, 3.05) is 39.6 Å². The fourth-order valence-electron chi connectivity index (χ4n) is 9.49. The molecule has 0 aliphatic carbocycles. The van der Waals surface area contributed by atoms with Crippen molar-refractivity contribution >= 4 is 37.3 Å². The smallest absolute Gasteiger partial charge is 0.336 e. The van der Waals surface area contributed by atoms with E-state index in [-0.39, 0.29) is 63.7 Å². The Labute approximate surface area is 463 Å². The standard InChI is InChI=1S/C58H68N3O18P/c1-39(62)60-58(50(38-80(68,69)70-3)78-48(36-72-40(2)63)54(75-34-43-22-12-6-13-23-43)55(58)76-35-44-24-14-7-15-25-44)31-51(64)61-77-37-49-53(74-33-42-20-10-5-11-21-42)47(73-32-41-18-8-4-9-19-41)30-52(79-49)71-29-28-59-56(65)45-26-16-17-27-46(45)57(66)67/h4-27,47-50,52-55H,28-38H2,1-3H3,(H,59,65)(H,60,62)(H,61,64)(H,66,67)(H,68,69)/t47-,48-,49-,50-,52+,53+,54-,55+,58+/m1/s1. The van der Waals surface area contributed by atoms with E-state index in [1.54, 1.807) is 30.3 Å². The van der Waals surface area contributed by atoms with Gasteiger partial charge in [0.2, 0.25) is 11.8 Å². The average molecular weight is 1130 g/mol. The summed E-state index contributed by atoms with van der Waals surface area (Å²) in [5, 5.41) is 15.2. The van der Waals surface area contributed by atoms with E-state index in [4.69, 9.17) is 47.3 Å². The Hall–Kier alpha value is -6.72. The molecule has 3 amide bonds. The van der Waals surface area contributed by atoms with Crippen LogP contribution in [-0.2, 0) is 92.6 Å². The molecule has 1 unspecified atom stereocenters. The molecule has 5 aromatic rings. The minimum Gasteiger partial charge on any atom is -0.478 e. The first kappa shape index (κ1) is 60.9. The summed E-state index contributed by atoms with van der Waals surface area (Å²) in [4.78, 5) is 82.6. The van der Waals surface area contributed by atoms with E-state index in [1.807, 2.05) is 97.1 Å². The summed E-state index contributed by atoms with van der Waals surface area (Å²) >= 11 is 0. The molecule has 22 heteroatoms. The van der Waals surface area contributed by atoms with Crippen LogP contribution < -0.4 is 16.1 Å². The van der Waals surface area contributed by atoms with Gasteiger partial charge in [0.25, 0.3) is 5.91 Å². The van der Waals surface area contributed by atoms with Gasteiger partial charge in [-0.25, -0.2) is 10.3 Å². The number of hydrogen-bond acceptors (Lipinski definition) is 16. The van der Waals surface area contributed by atoms with Crippen molar-refractivity contribution < 1.29 is 85.8 Å². The maximum Gasteiger partial charge on any atom is 0.336 e. The number of carbonyl (C=O) groups excluding carboxylic acids is 4. The third-order valence-electron chi connectivity index (χ3n) is 13.2. The predicted octanol–water partition coefficient (Wildman–Crippen LogP) is 6.06. The van der Waals surface area contributed by atoms with Crippen molar-refractivity contribution in [2.24, 2.45) is 0 Å². The zero-order valence-electron chi connectivity index (χ0n) is 44.6. The summed E-state index contributed by atoms with van der Waals surface area (Å²) in [5.41, 5.74) is 3.43. The Morgan fingerprint density at radius 3 is 1.70 bits per heavy atom. The van der Waals surface area contributed by atoms with Gasteiger partial charge in [0, 0.05) is 33.9 Å². The molecule has 0 radical (unpaired) electrons. The van der Waals surface area contributed by atoms with Crippen LogP contribution in [0.5, 0.6) is 0 Å². The molecule has 80 heavy (non-hydrogen) atoms. The number of esters is 1. The third kappa shape index (κ3) is 17.9. The highest BCUT2D eigenvalue weighted by Crippen LogP contribution is 2.48. The van der Waals surface area contributed by atoms with Gasteiger partial charge in [-0.1, -0.05) is 133 Å². The second-order valence-electron chi connectivity index (χ2n) is 19.1. The summed E-state index contributed by atoms with van der Waals surface area (Å²) in [6.07, 6.45) is -10.2. The summed E-state index contributed by atoms with van der Waals surface area (Å²) in [7, 11) is -3.51. The van der Waals surface area contributed by atoms with Gasteiger partial charge >= 0.3 is 19.5 Å². The number of benzene rings is 5. The molecule has 0 aromatic heterocycles. The Morgan fingerprint density at radius 1 is 0.650 bits per heavy atom. The zero-order valence-corrected chi connectivity index (χ0v) is 45.5. The molecule has 10 atom stereocenters. The van der Waals surface area contributed by atoms with Crippen LogP contribution >= 0.6 is 7.60 Å². The highest BCUT2D eigenvalue weighted by Gasteiger charge is 2.60. The maximum atomic E-state index is 14.7. The highest BCUT2D eigenvalue weighted by atomic mass is 31.2. The van der Waals surface area contributed by atoms with Crippen molar-refractivity contribution in [3.8, 4) is 0 Å². The maximum absolute atomic E-state index is 14.7. The van der Waals surface area contributed by atoms with E-state index in [9.17, 15) is 38.5 Å². The molecule has 5 N–H and O–H groups in total. The SMILES string of the molecule is COP(=O)(O)C[C@H]1O[C@H](COC(C)=O)[C@@H](OCc2ccccc2)[C@H](OCc2ccccc2)[C@@]1(CC(=O)NOC[C@H]1O[C@H](OCCNC(=O)c2ccccc2C(=O)O)C[C@@H](OCc2ccccc2)[C@@H]1OCc1ccccc1)NC(C)=O. The van der Waals surface area contributed by atoms with Crippen LogP contribution in [0.4, 0.5) is 0 Å². The minimum absolute atomic E-state index is 0.0197. The molecule has 2 aliphatic rings. The van der Waals surface area contributed by atoms with Gasteiger partial charge in [-0.2, -0.15) is 0 Å². The number of hydroxylamine groups is 1. The van der Waals surface area contributed by atoms with Crippen LogP contribution in [-0.4, -0.2) is 134 Å². The number of aromatic carboxylic acids is 1. The average Bonchev–Trinajstić information content (AvgIpc) is 3.62. The fraction of sp³-hybridized carbons (Fsp3) is 0.397. The molecular formula is C58H68N3O18P. The van der Waals surface area contributed by atoms with Crippen LogP contribution in [0.2, 0.25) is 0 Å². The number of rotatable bonds is 29. The van der Waals surface area contributed by atoms with Crippen molar-refractivity contribution in [3.05, 3.63) is 179 Å². The Morgan fingerprint density at radius 2 is 1.16 bits per heavy atom. The van der Waals surface area contributed by atoms with Gasteiger partial charge in [0.1, 0.15) is 49.3 Å². The zero-order chi connectivity index (χ0) is 56.9. The van der Waals surface area contributed by atoms with Gasteiger partial charge in [-0.05, 0) is 34.4 Å². The van der Waals surface area contributed by atoms with Crippen LogP contribution in [0.25, 0.3) is 0 Å². The summed E-state index contributed by atoms with van der Waals surface area (Å²) in [5.74, 6) is -4.04. The van der Waals surface area contributed by atoms with E-state index < -0.39 is 111 Å². The first-order chi connectivity index (χ1) is 38.6. The number of ether oxygens (including phenoxy) is 8. The van der Waals surface area contributed by atoms with E-state index in [1.165, 1.54) is 32.0 Å². The second kappa shape index (κ2) is 30.2. The van der Waals surface area contributed by atoms with Crippen molar-refractivity contribution in [1.29, 1.82) is 0 Å². The quantitative estimate of drug-likeness (QED) is 0.0157. The Kier molecular flexibility index (Phi) is 23.0. The molecule has 21 nitrogen and oxygen atoms in total. The lowest BCUT2D eigenvalue weighted by atomic mass is 9.76. The number of hydrogen-bond donors (Lipinski definition) is 5. The van der Waals surface area contributed by atoms with Crippen molar-refractivity contribution in [3.63, 3.8) is 0 Å². The van der Waals surface area contributed by atoms with E-state index in [2.05, 4.69) is 16.1 Å². The predicted molar refractivity (Wildman–Crippen MR) is 287 cm³/mol. The van der Waals surface area contributed by atoms with Gasteiger partial charge < -0.3 is 63.1 Å². The molecule has 2 aliphatic heterocycles. The molecule has 2 saturated heterocycles. The lowest BCUT2D eigenvalue weighted by Gasteiger charge is -2.54. The summed E-state index contributed by atoms with van der Waals surface area (Å²) < 4.78 is 69.9. The number of nitrogens with one attached hydrogen (secondary N) is 3. The van der Waals surface area contributed by atoms with Crippen LogP contribution in [0.1, 0.15) is 69.7 Å². The Balaban J connectivity index is 1.17. The molecule has 0 bridgehead atoms. The topological polar surface area (TPSA) is 271 Å². The third-order valence-corrected chi connectivity index (χ3v) is 14.6. The molecule has 2 fully saturated rings. The first-order valence-electron chi connectivity index (χ1n) is 26.0. The molecule has 2 heterocycles. The highest BCUT2D eigenvalue weighted by molar-refractivity contribution is 7.52. The Bertz CT molecular complexity index is 2820. The molecule has 0 saturated carbocycles. The van der Waals surface area contributed by atoms with Gasteiger partial charge in [-0.15, -0.1) is 0 Å². The number of carboxylic acids is 1. The molecule has 0 spiro atoms. The normalized spacial score (nSPS) is 23.4. The van der Waals surface area contributed by atoms with E-state index in [0.29, 0.717) is 5.56 Å². The van der Waals surface area contributed by atoms with Crippen LogP contribution in [0, 0.1) is 0 Å². The minimum atomic E-state index is -4.55. The number of carboxylic acid groups (broad SMARTS) is 1. The van der Waals surface area contributed by atoms with Crippen molar-refractivity contribution in [1.82, 2.24) is 16.1 Å². The number of carbonyl (C=O) groups is 5. The molecular weight excluding hydrogens is 1060 g/mol. The van der Waals surface area contributed by atoms with Gasteiger partial charge in [0.05, 0.1) is 69.0 Å². The summed E-state index contributed by atoms with van der Waals surface area (Å²) in [6, 6.07) is 42.9.